The highest BCUT2D eigenvalue weighted by molar-refractivity contribution is 5.55. The standard InChI is InChI=1S/C16H25NO/c1-4-16(18)14-7-5-6-8-15(14)17(12(2)3)11-13-9-10-13/h5-8,12-13,16,18H,4,9-11H2,1-3H3/t16-/m1/s1. The van der Waals surface area contributed by atoms with Crippen LogP contribution in [0.2, 0.25) is 0 Å². The van der Waals surface area contributed by atoms with Crippen LogP contribution >= 0.6 is 0 Å². The number of hydrogen-bond acceptors (Lipinski definition) is 2. The molecule has 1 aliphatic carbocycles. The Bertz CT molecular complexity index is 384. The first-order valence-corrected chi connectivity index (χ1v) is 7.17. The molecule has 0 radical (unpaired) electrons. The van der Waals surface area contributed by atoms with Gasteiger partial charge >= 0.3 is 0 Å². The number of rotatable bonds is 6. The van der Waals surface area contributed by atoms with Crippen LogP contribution in [0.4, 0.5) is 5.69 Å². The minimum absolute atomic E-state index is 0.346. The van der Waals surface area contributed by atoms with Crippen LogP contribution in [0.15, 0.2) is 24.3 Å². The first-order chi connectivity index (χ1) is 8.63. The van der Waals surface area contributed by atoms with Crippen LogP contribution in [-0.2, 0) is 0 Å². The first kappa shape index (κ1) is 13.4. The summed E-state index contributed by atoms with van der Waals surface area (Å²) in [7, 11) is 0. The molecule has 1 aromatic carbocycles. The Balaban J connectivity index is 2.27. The molecule has 0 aromatic heterocycles. The van der Waals surface area contributed by atoms with Crippen LogP contribution in [0.3, 0.4) is 0 Å². The third-order valence-corrected chi connectivity index (χ3v) is 3.77. The summed E-state index contributed by atoms with van der Waals surface area (Å²) in [6.45, 7) is 7.63. The maximum absolute atomic E-state index is 10.2. The molecule has 0 unspecified atom stereocenters. The van der Waals surface area contributed by atoms with Crippen LogP contribution in [0.5, 0.6) is 0 Å². The fourth-order valence-corrected chi connectivity index (χ4v) is 2.42. The van der Waals surface area contributed by atoms with Gasteiger partial charge in [-0.2, -0.15) is 0 Å². The Kier molecular flexibility index (Phi) is 4.28. The summed E-state index contributed by atoms with van der Waals surface area (Å²) in [5.74, 6) is 0.860. The molecule has 0 saturated heterocycles. The third-order valence-electron chi connectivity index (χ3n) is 3.77. The molecule has 100 valence electrons. The van der Waals surface area contributed by atoms with E-state index >= 15 is 0 Å². The highest BCUT2D eigenvalue weighted by atomic mass is 16.3. The van der Waals surface area contributed by atoms with Gasteiger partial charge in [-0.15, -0.1) is 0 Å². The van der Waals surface area contributed by atoms with Gasteiger partial charge < -0.3 is 10.0 Å². The number of anilines is 1. The summed E-state index contributed by atoms with van der Waals surface area (Å²) in [5.41, 5.74) is 2.29. The molecule has 18 heavy (non-hydrogen) atoms. The van der Waals surface area contributed by atoms with Gasteiger partial charge in [0.05, 0.1) is 6.10 Å². The smallest absolute Gasteiger partial charge is 0.0807 e. The highest BCUT2D eigenvalue weighted by Crippen LogP contribution is 2.35. The third kappa shape index (κ3) is 3.05. The molecule has 2 heteroatoms. The minimum Gasteiger partial charge on any atom is -0.388 e. The maximum Gasteiger partial charge on any atom is 0.0807 e. The molecule has 0 spiro atoms. The number of hydrogen-bond donors (Lipinski definition) is 1. The summed E-state index contributed by atoms with van der Waals surface area (Å²) in [6.07, 6.45) is 3.15. The summed E-state index contributed by atoms with van der Waals surface area (Å²) in [5, 5.41) is 10.2. The van der Waals surface area contributed by atoms with E-state index < -0.39 is 0 Å². The lowest BCUT2D eigenvalue weighted by Gasteiger charge is -2.32. The van der Waals surface area contributed by atoms with Crippen molar-refractivity contribution in [3.63, 3.8) is 0 Å². The number of para-hydroxylation sites is 1. The van der Waals surface area contributed by atoms with E-state index in [0.29, 0.717) is 6.04 Å². The van der Waals surface area contributed by atoms with Crippen LogP contribution in [0.1, 0.15) is 51.7 Å². The van der Waals surface area contributed by atoms with E-state index in [1.807, 2.05) is 13.0 Å². The zero-order chi connectivity index (χ0) is 13.1. The monoisotopic (exact) mass is 247 g/mol. The van der Waals surface area contributed by atoms with E-state index in [-0.39, 0.29) is 6.10 Å². The van der Waals surface area contributed by atoms with E-state index in [1.165, 1.54) is 18.5 Å². The Morgan fingerprint density at radius 1 is 1.28 bits per heavy atom. The molecule has 1 N–H and O–H groups in total. The average molecular weight is 247 g/mol. The molecule has 0 amide bonds. The molecule has 1 saturated carbocycles. The lowest BCUT2D eigenvalue weighted by molar-refractivity contribution is 0.174. The van der Waals surface area contributed by atoms with Gasteiger partial charge in [0.2, 0.25) is 0 Å². The van der Waals surface area contributed by atoms with Gasteiger partial charge in [-0.25, -0.2) is 0 Å². The van der Waals surface area contributed by atoms with Crippen molar-refractivity contribution in [2.24, 2.45) is 5.92 Å². The van der Waals surface area contributed by atoms with Crippen molar-refractivity contribution >= 4 is 5.69 Å². The van der Waals surface area contributed by atoms with Gasteiger partial charge in [0, 0.05) is 23.8 Å². The van der Waals surface area contributed by atoms with E-state index in [0.717, 1.165) is 24.4 Å². The van der Waals surface area contributed by atoms with Crippen molar-refractivity contribution in [3.05, 3.63) is 29.8 Å². The summed E-state index contributed by atoms with van der Waals surface area (Å²) in [4.78, 5) is 2.45. The van der Waals surface area contributed by atoms with Crippen LogP contribution in [0.25, 0.3) is 0 Å². The molecule has 1 fully saturated rings. The predicted molar refractivity (Wildman–Crippen MR) is 76.9 cm³/mol. The number of aliphatic hydroxyl groups is 1. The van der Waals surface area contributed by atoms with Gasteiger partial charge in [0.15, 0.2) is 0 Å². The Morgan fingerprint density at radius 2 is 1.94 bits per heavy atom. The van der Waals surface area contributed by atoms with Crippen LogP contribution in [0, 0.1) is 5.92 Å². The molecule has 0 bridgehead atoms. The van der Waals surface area contributed by atoms with Crippen molar-refractivity contribution < 1.29 is 5.11 Å². The number of nitrogens with zero attached hydrogens (tertiary/aromatic N) is 1. The normalized spacial score (nSPS) is 16.9. The second-order valence-corrected chi connectivity index (χ2v) is 5.67. The lowest BCUT2D eigenvalue weighted by atomic mass is 10.0. The SMILES string of the molecule is CC[C@@H](O)c1ccccc1N(CC1CC1)C(C)C. The lowest BCUT2D eigenvalue weighted by Crippen LogP contribution is -2.33. The molecule has 1 aliphatic rings. The van der Waals surface area contributed by atoms with Gasteiger partial charge in [0.25, 0.3) is 0 Å². The quantitative estimate of drug-likeness (QED) is 0.827. The Labute approximate surface area is 111 Å². The molecule has 2 nitrogen and oxygen atoms in total. The van der Waals surface area contributed by atoms with E-state index in [4.69, 9.17) is 0 Å². The van der Waals surface area contributed by atoms with Gasteiger partial charge in [-0.3, -0.25) is 0 Å². The fraction of sp³-hybridized carbons (Fsp3) is 0.625. The van der Waals surface area contributed by atoms with Crippen molar-refractivity contribution in [3.8, 4) is 0 Å². The second kappa shape index (κ2) is 5.75. The van der Waals surface area contributed by atoms with E-state index in [1.54, 1.807) is 0 Å². The zero-order valence-corrected chi connectivity index (χ0v) is 11.8. The summed E-state index contributed by atoms with van der Waals surface area (Å²) < 4.78 is 0. The molecule has 1 aromatic rings. The van der Waals surface area contributed by atoms with Crippen LogP contribution in [-0.4, -0.2) is 17.7 Å². The predicted octanol–water partition coefficient (Wildman–Crippen LogP) is 3.75. The van der Waals surface area contributed by atoms with E-state index in [2.05, 4.69) is 36.9 Å². The largest absolute Gasteiger partial charge is 0.388 e. The van der Waals surface area contributed by atoms with Gasteiger partial charge in [0.1, 0.15) is 0 Å². The molecule has 0 aliphatic heterocycles. The van der Waals surface area contributed by atoms with Gasteiger partial charge in [-0.05, 0) is 45.1 Å². The Hall–Kier alpha value is -1.02. The summed E-state index contributed by atoms with van der Waals surface area (Å²) in [6, 6.07) is 8.79. The topological polar surface area (TPSA) is 23.5 Å². The molecule has 2 rings (SSSR count). The molecular weight excluding hydrogens is 222 g/mol. The maximum atomic E-state index is 10.2. The molecular formula is C16H25NO. The van der Waals surface area contributed by atoms with Crippen molar-refractivity contribution in [1.82, 2.24) is 0 Å². The van der Waals surface area contributed by atoms with Crippen molar-refractivity contribution in [1.29, 1.82) is 0 Å². The minimum atomic E-state index is -0.346. The highest BCUT2D eigenvalue weighted by Gasteiger charge is 2.27. The molecule has 0 heterocycles. The zero-order valence-electron chi connectivity index (χ0n) is 11.8. The Morgan fingerprint density at radius 3 is 2.50 bits per heavy atom. The van der Waals surface area contributed by atoms with Crippen molar-refractivity contribution in [2.45, 2.75) is 52.2 Å². The summed E-state index contributed by atoms with van der Waals surface area (Å²) >= 11 is 0. The van der Waals surface area contributed by atoms with Crippen LogP contribution < -0.4 is 4.90 Å². The average Bonchev–Trinajstić information content (AvgIpc) is 3.18. The van der Waals surface area contributed by atoms with Crippen molar-refractivity contribution in [2.75, 3.05) is 11.4 Å². The number of benzene rings is 1. The fourth-order valence-electron chi connectivity index (χ4n) is 2.42. The van der Waals surface area contributed by atoms with E-state index in [9.17, 15) is 5.11 Å². The first-order valence-electron chi connectivity index (χ1n) is 7.17. The molecule has 1 atom stereocenters. The number of aliphatic hydroxyl groups excluding tert-OH is 1. The van der Waals surface area contributed by atoms with Gasteiger partial charge in [-0.1, -0.05) is 25.1 Å². The second-order valence-electron chi connectivity index (χ2n) is 5.67.